The Hall–Kier alpha value is -2.04. The number of carbonyl (C=O) groups is 2. The monoisotopic (exact) mass is 251 g/mol. The van der Waals surface area contributed by atoms with Gasteiger partial charge in [0, 0.05) is 12.1 Å². The molecule has 0 aromatic heterocycles. The normalized spacial score (nSPS) is 11.8. The lowest BCUT2D eigenvalue weighted by Gasteiger charge is -2.13. The smallest absolute Gasteiger partial charge is 0.313 e. The van der Waals surface area contributed by atoms with Gasteiger partial charge in [-0.15, -0.1) is 0 Å². The maximum atomic E-state index is 11.7. The third-order valence-electron chi connectivity index (χ3n) is 2.60. The highest BCUT2D eigenvalue weighted by Crippen LogP contribution is 2.22. The summed E-state index contributed by atoms with van der Waals surface area (Å²) in [4.78, 5) is 22.0. The van der Waals surface area contributed by atoms with Crippen LogP contribution in [0.3, 0.4) is 0 Å². The fourth-order valence-corrected chi connectivity index (χ4v) is 1.55. The maximum Gasteiger partial charge on any atom is 0.313 e. The molecule has 0 amide bonds. The standard InChI is InChI=1S/C13H17NO4/c1-9(10-5-2-3-6-11(10)14)13(17)18-8-4-7-12(15)16/h2-3,5-6,9H,4,7-8,14H2,1H3,(H,15,16). The van der Waals surface area contributed by atoms with E-state index in [4.69, 9.17) is 15.6 Å². The summed E-state index contributed by atoms with van der Waals surface area (Å²) in [7, 11) is 0. The van der Waals surface area contributed by atoms with Gasteiger partial charge in [-0.05, 0) is 25.0 Å². The number of hydrogen-bond acceptors (Lipinski definition) is 4. The second kappa shape index (κ2) is 6.64. The molecular formula is C13H17NO4. The molecule has 0 fully saturated rings. The summed E-state index contributed by atoms with van der Waals surface area (Å²) in [6, 6.07) is 7.10. The van der Waals surface area contributed by atoms with Crippen molar-refractivity contribution in [1.82, 2.24) is 0 Å². The number of carboxylic acid groups (broad SMARTS) is 1. The Morgan fingerprint density at radius 2 is 2.06 bits per heavy atom. The summed E-state index contributed by atoms with van der Waals surface area (Å²) in [5.74, 6) is -1.74. The third kappa shape index (κ3) is 4.08. The van der Waals surface area contributed by atoms with Crippen molar-refractivity contribution in [2.75, 3.05) is 12.3 Å². The number of para-hydroxylation sites is 1. The van der Waals surface area contributed by atoms with Crippen LogP contribution < -0.4 is 5.73 Å². The van der Waals surface area contributed by atoms with Gasteiger partial charge in [0.2, 0.25) is 0 Å². The van der Waals surface area contributed by atoms with E-state index in [-0.39, 0.29) is 13.0 Å². The second-order valence-electron chi connectivity index (χ2n) is 4.02. The molecule has 3 N–H and O–H groups in total. The van der Waals surface area contributed by atoms with Crippen LogP contribution in [0.2, 0.25) is 0 Å². The average molecular weight is 251 g/mol. The minimum atomic E-state index is -0.897. The number of anilines is 1. The lowest BCUT2D eigenvalue weighted by molar-refractivity contribution is -0.146. The van der Waals surface area contributed by atoms with E-state index in [9.17, 15) is 9.59 Å². The van der Waals surface area contributed by atoms with E-state index in [1.165, 1.54) is 0 Å². The number of benzene rings is 1. The fourth-order valence-electron chi connectivity index (χ4n) is 1.55. The van der Waals surface area contributed by atoms with Gasteiger partial charge in [0.1, 0.15) is 0 Å². The number of nitrogens with two attached hydrogens (primary N) is 1. The van der Waals surface area contributed by atoms with Crippen molar-refractivity contribution in [2.45, 2.75) is 25.7 Å². The second-order valence-corrected chi connectivity index (χ2v) is 4.02. The Morgan fingerprint density at radius 1 is 1.39 bits per heavy atom. The zero-order valence-corrected chi connectivity index (χ0v) is 10.3. The van der Waals surface area contributed by atoms with Crippen LogP contribution in [0.4, 0.5) is 5.69 Å². The van der Waals surface area contributed by atoms with Crippen LogP contribution >= 0.6 is 0 Å². The number of esters is 1. The highest BCUT2D eigenvalue weighted by molar-refractivity contribution is 5.79. The minimum Gasteiger partial charge on any atom is -0.481 e. The predicted molar refractivity (Wildman–Crippen MR) is 67.1 cm³/mol. The van der Waals surface area contributed by atoms with E-state index in [0.29, 0.717) is 12.1 Å². The van der Waals surface area contributed by atoms with Crippen molar-refractivity contribution in [3.05, 3.63) is 29.8 Å². The molecule has 0 saturated carbocycles. The first-order valence-corrected chi connectivity index (χ1v) is 5.75. The molecule has 0 bridgehead atoms. The van der Waals surface area contributed by atoms with Gasteiger partial charge < -0.3 is 15.6 Å². The van der Waals surface area contributed by atoms with Gasteiger partial charge in [0.05, 0.1) is 12.5 Å². The van der Waals surface area contributed by atoms with Crippen LogP contribution in [0.5, 0.6) is 0 Å². The molecule has 18 heavy (non-hydrogen) atoms. The predicted octanol–water partition coefficient (Wildman–Crippen LogP) is 1.78. The SMILES string of the molecule is CC(C(=O)OCCCC(=O)O)c1ccccc1N. The molecule has 0 aliphatic carbocycles. The number of hydrogen-bond donors (Lipinski definition) is 2. The van der Waals surface area contributed by atoms with E-state index in [2.05, 4.69) is 0 Å². The highest BCUT2D eigenvalue weighted by atomic mass is 16.5. The van der Waals surface area contributed by atoms with E-state index in [1.54, 1.807) is 31.2 Å². The van der Waals surface area contributed by atoms with Crippen LogP contribution in [0.1, 0.15) is 31.2 Å². The van der Waals surface area contributed by atoms with Gasteiger partial charge in [0.25, 0.3) is 0 Å². The highest BCUT2D eigenvalue weighted by Gasteiger charge is 2.18. The van der Waals surface area contributed by atoms with Crippen LogP contribution in [0.15, 0.2) is 24.3 Å². The van der Waals surface area contributed by atoms with E-state index < -0.39 is 17.9 Å². The lowest BCUT2D eigenvalue weighted by atomic mass is 10.00. The van der Waals surface area contributed by atoms with Crippen LogP contribution in [-0.2, 0) is 14.3 Å². The molecule has 0 radical (unpaired) electrons. The number of carboxylic acids is 1. The molecule has 98 valence electrons. The Kier molecular flexibility index (Phi) is 5.17. The summed E-state index contributed by atoms with van der Waals surface area (Å²) in [6.07, 6.45) is 0.313. The molecule has 1 atom stereocenters. The first-order chi connectivity index (χ1) is 8.52. The molecular weight excluding hydrogens is 234 g/mol. The number of aliphatic carboxylic acids is 1. The largest absolute Gasteiger partial charge is 0.481 e. The average Bonchev–Trinajstić information content (AvgIpc) is 2.34. The number of nitrogen functional groups attached to an aromatic ring is 1. The summed E-state index contributed by atoms with van der Waals surface area (Å²) in [5, 5.41) is 8.45. The number of ether oxygens (including phenoxy) is 1. The number of rotatable bonds is 6. The van der Waals surface area contributed by atoms with Gasteiger partial charge in [-0.3, -0.25) is 9.59 Å². The third-order valence-corrected chi connectivity index (χ3v) is 2.60. The summed E-state index contributed by atoms with van der Waals surface area (Å²) in [6.45, 7) is 1.83. The van der Waals surface area contributed by atoms with Crippen LogP contribution in [-0.4, -0.2) is 23.7 Å². The molecule has 1 aromatic carbocycles. The molecule has 0 spiro atoms. The first-order valence-electron chi connectivity index (χ1n) is 5.75. The van der Waals surface area contributed by atoms with Crippen LogP contribution in [0, 0.1) is 0 Å². The molecule has 5 heteroatoms. The Balaban J connectivity index is 2.47. The number of carbonyl (C=O) groups excluding carboxylic acids is 1. The molecule has 5 nitrogen and oxygen atoms in total. The molecule has 0 aliphatic heterocycles. The van der Waals surface area contributed by atoms with Gasteiger partial charge in [-0.1, -0.05) is 18.2 Å². The zero-order chi connectivity index (χ0) is 13.5. The van der Waals surface area contributed by atoms with Crippen molar-refractivity contribution in [3.63, 3.8) is 0 Å². The maximum absolute atomic E-state index is 11.7. The van der Waals surface area contributed by atoms with Gasteiger partial charge >= 0.3 is 11.9 Å². The topological polar surface area (TPSA) is 89.6 Å². The van der Waals surface area contributed by atoms with E-state index >= 15 is 0 Å². The van der Waals surface area contributed by atoms with Crippen molar-refractivity contribution in [2.24, 2.45) is 0 Å². The molecule has 1 rings (SSSR count). The zero-order valence-electron chi connectivity index (χ0n) is 10.3. The molecule has 1 aromatic rings. The van der Waals surface area contributed by atoms with E-state index in [0.717, 1.165) is 5.56 Å². The fraction of sp³-hybridized carbons (Fsp3) is 0.385. The van der Waals surface area contributed by atoms with Crippen LogP contribution in [0.25, 0.3) is 0 Å². The Morgan fingerprint density at radius 3 is 2.67 bits per heavy atom. The molecule has 0 saturated heterocycles. The quantitative estimate of drug-likeness (QED) is 0.457. The van der Waals surface area contributed by atoms with Crippen molar-refractivity contribution in [1.29, 1.82) is 0 Å². The summed E-state index contributed by atoms with van der Waals surface area (Å²) < 4.78 is 5.01. The first kappa shape index (κ1) is 14.0. The summed E-state index contributed by atoms with van der Waals surface area (Å²) >= 11 is 0. The lowest BCUT2D eigenvalue weighted by Crippen LogP contribution is -2.15. The Bertz CT molecular complexity index is 431. The minimum absolute atomic E-state index is 0.00482. The molecule has 0 aliphatic rings. The summed E-state index contributed by atoms with van der Waals surface area (Å²) in [5.41, 5.74) is 7.04. The van der Waals surface area contributed by atoms with Crippen molar-refractivity contribution < 1.29 is 19.4 Å². The Labute approximate surface area is 106 Å². The van der Waals surface area contributed by atoms with Gasteiger partial charge in [-0.25, -0.2) is 0 Å². The molecule has 0 heterocycles. The van der Waals surface area contributed by atoms with Crippen molar-refractivity contribution >= 4 is 17.6 Å². The van der Waals surface area contributed by atoms with Gasteiger partial charge in [-0.2, -0.15) is 0 Å². The molecule has 1 unspecified atom stereocenters. The van der Waals surface area contributed by atoms with E-state index in [1.807, 2.05) is 0 Å². The van der Waals surface area contributed by atoms with Crippen molar-refractivity contribution in [3.8, 4) is 0 Å². The van der Waals surface area contributed by atoms with Gasteiger partial charge in [0.15, 0.2) is 0 Å².